The minimum absolute atomic E-state index is 0.313. The standard InChI is InChI=1S/C29H33NO3/c1-2-3-4-5-6-7-8-9-19-33-22-14-10-13-21(20-22)23-15-11-17-25-27(23)28-24(29(31)32)16-12-18-26(28)30-25/h10-18,20,30H,2-9,19H2,1H3,(H,31,32). The molecule has 172 valence electrons. The lowest BCUT2D eigenvalue weighted by Crippen LogP contribution is -1.98. The van der Waals surface area contributed by atoms with Gasteiger partial charge in [0.25, 0.3) is 0 Å². The minimum Gasteiger partial charge on any atom is -0.494 e. The fraction of sp³-hybridized carbons (Fsp3) is 0.345. The molecule has 0 saturated heterocycles. The monoisotopic (exact) mass is 443 g/mol. The number of fused-ring (bicyclic) bond motifs is 3. The lowest BCUT2D eigenvalue weighted by atomic mass is 9.97. The van der Waals surface area contributed by atoms with Crippen LogP contribution in [0.4, 0.5) is 0 Å². The van der Waals surface area contributed by atoms with E-state index in [0.717, 1.165) is 51.7 Å². The molecule has 4 rings (SSSR count). The van der Waals surface area contributed by atoms with Crippen LogP contribution in [0.2, 0.25) is 0 Å². The smallest absolute Gasteiger partial charge is 0.336 e. The summed E-state index contributed by atoms with van der Waals surface area (Å²) < 4.78 is 6.05. The van der Waals surface area contributed by atoms with E-state index in [2.05, 4.69) is 24.0 Å². The van der Waals surface area contributed by atoms with Crippen LogP contribution >= 0.6 is 0 Å². The Morgan fingerprint density at radius 2 is 1.48 bits per heavy atom. The number of aromatic carboxylic acids is 1. The van der Waals surface area contributed by atoms with Gasteiger partial charge in [-0.15, -0.1) is 0 Å². The molecule has 0 unspecified atom stereocenters. The summed E-state index contributed by atoms with van der Waals surface area (Å²) >= 11 is 0. The number of nitrogens with one attached hydrogen (secondary N) is 1. The van der Waals surface area contributed by atoms with E-state index in [1.165, 1.54) is 44.9 Å². The molecule has 0 amide bonds. The zero-order chi connectivity index (χ0) is 23.0. The number of unbranched alkanes of at least 4 members (excludes halogenated alkanes) is 7. The van der Waals surface area contributed by atoms with Gasteiger partial charge in [-0.2, -0.15) is 0 Å². The van der Waals surface area contributed by atoms with Crippen LogP contribution in [0.5, 0.6) is 5.75 Å². The first kappa shape index (κ1) is 22.9. The van der Waals surface area contributed by atoms with Crippen molar-refractivity contribution < 1.29 is 14.6 Å². The van der Waals surface area contributed by atoms with Crippen molar-refractivity contribution in [2.75, 3.05) is 6.61 Å². The molecule has 33 heavy (non-hydrogen) atoms. The number of carboxylic acid groups (broad SMARTS) is 1. The van der Waals surface area contributed by atoms with Gasteiger partial charge in [-0.05, 0) is 47.9 Å². The number of H-pyrrole nitrogens is 1. The number of aromatic nitrogens is 1. The average molecular weight is 444 g/mol. The Labute approximate surface area is 195 Å². The molecule has 0 spiro atoms. The number of carbonyl (C=O) groups is 1. The lowest BCUT2D eigenvalue weighted by molar-refractivity contribution is 0.0699. The fourth-order valence-corrected chi connectivity index (χ4v) is 4.59. The number of hydrogen-bond acceptors (Lipinski definition) is 2. The third-order valence-electron chi connectivity index (χ3n) is 6.29. The van der Waals surface area contributed by atoms with Crippen molar-refractivity contribution in [3.63, 3.8) is 0 Å². The average Bonchev–Trinajstić information content (AvgIpc) is 3.22. The maximum Gasteiger partial charge on any atom is 0.336 e. The molecule has 2 N–H and O–H groups in total. The first-order chi connectivity index (χ1) is 16.2. The second kappa shape index (κ2) is 11.0. The van der Waals surface area contributed by atoms with Gasteiger partial charge in [-0.25, -0.2) is 4.79 Å². The Hall–Kier alpha value is -3.27. The number of hydrogen-bond donors (Lipinski definition) is 2. The van der Waals surface area contributed by atoms with E-state index in [-0.39, 0.29) is 0 Å². The molecule has 0 aliphatic rings. The summed E-state index contributed by atoms with van der Waals surface area (Å²) in [4.78, 5) is 15.3. The van der Waals surface area contributed by atoms with Crippen LogP contribution in [-0.2, 0) is 0 Å². The van der Waals surface area contributed by atoms with Crippen LogP contribution in [0, 0.1) is 0 Å². The summed E-state index contributed by atoms with van der Waals surface area (Å²) in [5, 5.41) is 11.4. The van der Waals surface area contributed by atoms with Crippen LogP contribution in [0.25, 0.3) is 32.9 Å². The molecule has 0 aliphatic carbocycles. The van der Waals surface area contributed by atoms with Crippen molar-refractivity contribution in [1.29, 1.82) is 0 Å². The Morgan fingerprint density at radius 3 is 2.24 bits per heavy atom. The van der Waals surface area contributed by atoms with Crippen molar-refractivity contribution in [3.8, 4) is 16.9 Å². The van der Waals surface area contributed by atoms with E-state index in [4.69, 9.17) is 4.74 Å². The van der Waals surface area contributed by atoms with Crippen molar-refractivity contribution in [2.45, 2.75) is 58.3 Å². The molecule has 1 heterocycles. The summed E-state index contributed by atoms with van der Waals surface area (Å²) in [6, 6.07) is 19.5. The van der Waals surface area contributed by atoms with Crippen molar-refractivity contribution in [2.24, 2.45) is 0 Å². The molecule has 0 saturated carbocycles. The van der Waals surface area contributed by atoms with E-state index in [1.807, 2.05) is 36.4 Å². The molecule has 1 aromatic heterocycles. The predicted molar refractivity (Wildman–Crippen MR) is 136 cm³/mol. The van der Waals surface area contributed by atoms with Gasteiger partial charge in [0.05, 0.1) is 12.2 Å². The number of rotatable bonds is 12. The van der Waals surface area contributed by atoms with Crippen molar-refractivity contribution in [3.05, 3.63) is 66.2 Å². The van der Waals surface area contributed by atoms with E-state index in [1.54, 1.807) is 12.1 Å². The largest absolute Gasteiger partial charge is 0.494 e. The topological polar surface area (TPSA) is 62.3 Å². The van der Waals surface area contributed by atoms with Gasteiger partial charge in [0.15, 0.2) is 0 Å². The number of ether oxygens (including phenoxy) is 1. The van der Waals surface area contributed by atoms with E-state index < -0.39 is 5.97 Å². The number of benzene rings is 3. The molecule has 0 bridgehead atoms. The second-order valence-electron chi connectivity index (χ2n) is 8.74. The van der Waals surface area contributed by atoms with Gasteiger partial charge < -0.3 is 14.8 Å². The fourth-order valence-electron chi connectivity index (χ4n) is 4.59. The molecular formula is C29H33NO3. The van der Waals surface area contributed by atoms with Crippen LogP contribution in [0.3, 0.4) is 0 Å². The van der Waals surface area contributed by atoms with Crippen molar-refractivity contribution >= 4 is 27.8 Å². The third-order valence-corrected chi connectivity index (χ3v) is 6.29. The first-order valence-electron chi connectivity index (χ1n) is 12.2. The summed E-state index contributed by atoms with van der Waals surface area (Å²) in [6.07, 6.45) is 10.2. The van der Waals surface area contributed by atoms with Gasteiger partial charge >= 0.3 is 5.97 Å². The number of aromatic amines is 1. The molecule has 4 heteroatoms. The normalized spacial score (nSPS) is 11.3. The van der Waals surface area contributed by atoms with Crippen LogP contribution < -0.4 is 4.74 Å². The van der Waals surface area contributed by atoms with Crippen LogP contribution in [0.15, 0.2) is 60.7 Å². The van der Waals surface area contributed by atoms with E-state index in [9.17, 15) is 9.90 Å². The minimum atomic E-state index is -0.918. The zero-order valence-electron chi connectivity index (χ0n) is 19.4. The highest BCUT2D eigenvalue weighted by molar-refractivity contribution is 6.20. The second-order valence-corrected chi connectivity index (χ2v) is 8.74. The van der Waals surface area contributed by atoms with Gasteiger partial charge in [0.1, 0.15) is 5.75 Å². The first-order valence-corrected chi connectivity index (χ1v) is 12.2. The van der Waals surface area contributed by atoms with Gasteiger partial charge in [0.2, 0.25) is 0 Å². The summed E-state index contributed by atoms with van der Waals surface area (Å²) in [5.41, 5.74) is 4.11. The summed E-state index contributed by atoms with van der Waals surface area (Å²) in [6.45, 7) is 2.97. The van der Waals surface area contributed by atoms with E-state index >= 15 is 0 Å². The zero-order valence-corrected chi connectivity index (χ0v) is 19.4. The third kappa shape index (κ3) is 5.39. The molecule has 0 fully saturated rings. The Morgan fingerprint density at radius 1 is 0.818 bits per heavy atom. The van der Waals surface area contributed by atoms with Crippen molar-refractivity contribution in [1.82, 2.24) is 4.98 Å². The molecule has 4 aromatic rings. The maximum absolute atomic E-state index is 11.9. The SMILES string of the molecule is CCCCCCCCCCOc1cccc(-c2cccc3[nH]c4cccc(C(=O)O)c4c23)c1. The predicted octanol–water partition coefficient (Wildman–Crippen LogP) is 8.21. The van der Waals surface area contributed by atoms with Gasteiger partial charge in [0, 0.05) is 21.8 Å². The van der Waals surface area contributed by atoms with Crippen LogP contribution in [-0.4, -0.2) is 22.7 Å². The molecule has 4 nitrogen and oxygen atoms in total. The molecule has 0 radical (unpaired) electrons. The van der Waals surface area contributed by atoms with Gasteiger partial charge in [-0.3, -0.25) is 0 Å². The Bertz CT molecular complexity index is 1220. The van der Waals surface area contributed by atoms with E-state index in [0.29, 0.717) is 5.56 Å². The maximum atomic E-state index is 11.9. The molecule has 0 atom stereocenters. The lowest BCUT2D eigenvalue weighted by Gasteiger charge is -2.10. The summed E-state index contributed by atoms with van der Waals surface area (Å²) in [7, 11) is 0. The highest BCUT2D eigenvalue weighted by Gasteiger charge is 2.16. The Kier molecular flexibility index (Phi) is 7.66. The number of carboxylic acids is 1. The molecule has 3 aromatic carbocycles. The highest BCUT2D eigenvalue weighted by atomic mass is 16.5. The molecule has 0 aliphatic heterocycles. The molecular weight excluding hydrogens is 410 g/mol. The Balaban J connectivity index is 1.49. The highest BCUT2D eigenvalue weighted by Crippen LogP contribution is 2.37. The van der Waals surface area contributed by atoms with Crippen LogP contribution in [0.1, 0.15) is 68.6 Å². The quantitative estimate of drug-likeness (QED) is 0.217. The van der Waals surface area contributed by atoms with Gasteiger partial charge in [-0.1, -0.05) is 82.2 Å². The summed E-state index contributed by atoms with van der Waals surface area (Å²) in [5.74, 6) is -0.0653.